The summed E-state index contributed by atoms with van der Waals surface area (Å²) in [6.45, 7) is 5.73. The first-order valence-electron chi connectivity index (χ1n) is 11.6. The number of aromatic amines is 1. The Hall–Kier alpha value is -4.37. The lowest BCUT2D eigenvalue weighted by atomic mass is 10.1. The van der Waals surface area contributed by atoms with E-state index in [0.717, 1.165) is 34.0 Å². The molecule has 1 amide bonds. The Morgan fingerprint density at radius 2 is 1.95 bits per heavy atom. The minimum Gasteiger partial charge on any atom is -0.507 e. The van der Waals surface area contributed by atoms with Gasteiger partial charge in [-0.3, -0.25) is 4.79 Å². The Bertz CT molecular complexity index is 1410. The maximum Gasteiger partial charge on any atom is 0.342 e. The highest BCUT2D eigenvalue weighted by Gasteiger charge is 2.24. The zero-order chi connectivity index (χ0) is 26.2. The molecule has 0 atom stereocenters. The number of ether oxygens (including phenoxy) is 1. The molecular weight excluding hydrogens is 486 g/mol. The molecular formula is C28H28N5O3S+. The van der Waals surface area contributed by atoms with Crippen LogP contribution in [0.1, 0.15) is 16.7 Å². The van der Waals surface area contributed by atoms with E-state index < -0.39 is 0 Å². The molecule has 37 heavy (non-hydrogen) atoms. The van der Waals surface area contributed by atoms with E-state index >= 15 is 0 Å². The van der Waals surface area contributed by atoms with Gasteiger partial charge in [-0.15, -0.1) is 11.7 Å². The van der Waals surface area contributed by atoms with Gasteiger partial charge < -0.3 is 9.84 Å². The number of allylic oxidation sites excluding steroid dienone is 1. The molecule has 0 saturated heterocycles. The Kier molecular flexibility index (Phi) is 8.37. The summed E-state index contributed by atoms with van der Waals surface area (Å²) in [4.78, 5) is 12.5. The van der Waals surface area contributed by atoms with Gasteiger partial charge in [0.1, 0.15) is 17.2 Å². The van der Waals surface area contributed by atoms with Crippen LogP contribution in [0.3, 0.4) is 0 Å². The summed E-state index contributed by atoms with van der Waals surface area (Å²) in [5.74, 6) is 1.45. The number of H-pyrrole nitrogens is 1. The van der Waals surface area contributed by atoms with Crippen molar-refractivity contribution in [2.24, 2.45) is 5.10 Å². The fourth-order valence-corrected chi connectivity index (χ4v) is 4.40. The summed E-state index contributed by atoms with van der Waals surface area (Å²) in [6.07, 6.45) is 3.68. The summed E-state index contributed by atoms with van der Waals surface area (Å²) < 4.78 is 7.26. The lowest BCUT2D eigenvalue weighted by molar-refractivity contribution is -0.625. The Morgan fingerprint density at radius 1 is 1.19 bits per heavy atom. The van der Waals surface area contributed by atoms with Gasteiger partial charge in [0, 0.05) is 5.56 Å². The third-order valence-electron chi connectivity index (χ3n) is 5.57. The van der Waals surface area contributed by atoms with Gasteiger partial charge in [-0.25, -0.2) is 5.43 Å². The molecule has 4 rings (SSSR count). The molecule has 0 radical (unpaired) electrons. The number of aryl methyl sites for hydroxylation is 1. The largest absolute Gasteiger partial charge is 0.507 e. The Morgan fingerprint density at radius 3 is 2.65 bits per heavy atom. The summed E-state index contributed by atoms with van der Waals surface area (Å²) in [7, 11) is 1.62. The minimum absolute atomic E-state index is 0.0914. The molecule has 1 aromatic heterocycles. The van der Waals surface area contributed by atoms with Gasteiger partial charge in [0.25, 0.3) is 11.7 Å². The van der Waals surface area contributed by atoms with Crippen molar-refractivity contribution in [3.63, 3.8) is 0 Å². The van der Waals surface area contributed by atoms with Crippen molar-refractivity contribution in [3.8, 4) is 28.6 Å². The van der Waals surface area contributed by atoms with Gasteiger partial charge >= 0.3 is 5.16 Å². The number of hydrazone groups is 1. The van der Waals surface area contributed by atoms with Crippen LogP contribution in [0.25, 0.3) is 17.1 Å². The number of para-hydroxylation sites is 1. The molecule has 0 bridgehead atoms. The predicted octanol–water partition coefficient (Wildman–Crippen LogP) is 4.35. The Balaban J connectivity index is 1.50. The van der Waals surface area contributed by atoms with Crippen molar-refractivity contribution >= 4 is 23.9 Å². The van der Waals surface area contributed by atoms with Crippen LogP contribution in [-0.2, 0) is 11.2 Å². The van der Waals surface area contributed by atoms with Gasteiger partial charge in [-0.1, -0.05) is 35.9 Å². The van der Waals surface area contributed by atoms with E-state index in [2.05, 4.69) is 27.3 Å². The quantitative estimate of drug-likeness (QED) is 0.0960. The third-order valence-corrected chi connectivity index (χ3v) is 6.51. The van der Waals surface area contributed by atoms with Gasteiger partial charge in [0.2, 0.25) is 0 Å². The normalized spacial score (nSPS) is 11.0. The summed E-state index contributed by atoms with van der Waals surface area (Å²) in [5, 5.41) is 22.6. The highest BCUT2D eigenvalue weighted by molar-refractivity contribution is 7.99. The lowest BCUT2D eigenvalue weighted by Gasteiger charge is -2.06. The first kappa shape index (κ1) is 25.7. The number of nitrogens with one attached hydrogen (secondary N) is 2. The van der Waals surface area contributed by atoms with Crippen LogP contribution < -0.4 is 14.7 Å². The van der Waals surface area contributed by atoms with Crippen molar-refractivity contribution in [2.45, 2.75) is 18.5 Å². The summed E-state index contributed by atoms with van der Waals surface area (Å²) >= 11 is 1.28. The number of nitrogens with zero attached hydrogens (tertiary/aromatic N) is 3. The zero-order valence-corrected chi connectivity index (χ0v) is 21.5. The van der Waals surface area contributed by atoms with Crippen LogP contribution >= 0.6 is 11.8 Å². The monoisotopic (exact) mass is 514 g/mol. The zero-order valence-electron chi connectivity index (χ0n) is 20.6. The molecule has 1 heterocycles. The standard InChI is InChI=1S/C28H27N5O3S/c1-4-6-20-7-5-8-22(26(20)35)17-29-30-25(34)18-37-28-32-31-27(21-11-9-19(2)10-12-21)33(28)23-13-15-24(36-3)16-14-23/h4-5,7-17H,1,6,18H2,2-3H3,(H2,29,30,34,35)/p+1. The number of amides is 1. The average Bonchev–Trinajstić information content (AvgIpc) is 3.34. The van der Waals surface area contributed by atoms with Crippen LogP contribution in [0, 0.1) is 6.92 Å². The minimum atomic E-state index is -0.302. The van der Waals surface area contributed by atoms with Crippen molar-refractivity contribution in [3.05, 3.63) is 96.1 Å². The van der Waals surface area contributed by atoms with E-state index in [4.69, 9.17) is 4.74 Å². The van der Waals surface area contributed by atoms with Gasteiger partial charge in [0.15, 0.2) is 0 Å². The predicted molar refractivity (Wildman–Crippen MR) is 145 cm³/mol. The number of benzene rings is 3. The molecule has 3 aromatic carbocycles. The molecule has 0 aliphatic rings. The highest BCUT2D eigenvalue weighted by atomic mass is 32.2. The number of hydrogen-bond donors (Lipinski definition) is 3. The van der Waals surface area contributed by atoms with E-state index in [1.54, 1.807) is 19.3 Å². The molecule has 0 spiro atoms. The molecule has 4 aromatic rings. The van der Waals surface area contributed by atoms with Crippen molar-refractivity contribution in [1.82, 2.24) is 15.6 Å². The van der Waals surface area contributed by atoms with Gasteiger partial charge in [-0.2, -0.15) is 9.67 Å². The number of phenols is 1. The summed E-state index contributed by atoms with van der Waals surface area (Å²) in [6, 6.07) is 21.1. The van der Waals surface area contributed by atoms with Gasteiger partial charge in [-0.05, 0) is 73.1 Å². The fourth-order valence-electron chi connectivity index (χ4n) is 3.64. The molecule has 3 N–H and O–H groups in total. The van der Waals surface area contributed by atoms with E-state index in [1.165, 1.54) is 18.0 Å². The second-order valence-electron chi connectivity index (χ2n) is 8.18. The molecule has 0 saturated carbocycles. The molecule has 9 heteroatoms. The van der Waals surface area contributed by atoms with E-state index in [9.17, 15) is 9.90 Å². The number of carbonyl (C=O) groups excluding carboxylic acids is 1. The number of phenolic OH excluding ortho intramolecular Hbond substituents is 1. The molecule has 0 aliphatic carbocycles. The van der Waals surface area contributed by atoms with Crippen LogP contribution in [0.5, 0.6) is 11.5 Å². The van der Waals surface area contributed by atoms with Gasteiger partial charge in [0.05, 0.1) is 29.7 Å². The van der Waals surface area contributed by atoms with Crippen LogP contribution in [0.2, 0.25) is 0 Å². The lowest BCUT2D eigenvalue weighted by Crippen LogP contribution is -2.34. The fraction of sp³-hybridized carbons (Fsp3) is 0.143. The number of rotatable bonds is 10. The van der Waals surface area contributed by atoms with E-state index in [0.29, 0.717) is 17.1 Å². The van der Waals surface area contributed by atoms with Crippen LogP contribution in [0.15, 0.2) is 89.6 Å². The number of aromatic hydroxyl groups is 1. The topological polar surface area (TPSA) is 103 Å². The number of carbonyl (C=O) groups is 1. The second-order valence-corrected chi connectivity index (χ2v) is 9.13. The third kappa shape index (κ3) is 6.25. The Labute approximate surface area is 219 Å². The maximum atomic E-state index is 12.5. The molecule has 188 valence electrons. The number of methoxy groups -OCH3 is 1. The van der Waals surface area contributed by atoms with Crippen LogP contribution in [0.4, 0.5) is 0 Å². The first-order valence-corrected chi connectivity index (χ1v) is 12.6. The van der Waals surface area contributed by atoms with E-state index in [1.807, 2.05) is 72.2 Å². The molecule has 8 nitrogen and oxygen atoms in total. The van der Waals surface area contributed by atoms with Crippen molar-refractivity contribution < 1.29 is 19.2 Å². The van der Waals surface area contributed by atoms with E-state index in [-0.39, 0.29) is 17.4 Å². The molecule has 0 fully saturated rings. The maximum absolute atomic E-state index is 12.5. The van der Waals surface area contributed by atoms with Crippen molar-refractivity contribution in [1.29, 1.82) is 0 Å². The number of aromatic nitrogens is 3. The SMILES string of the molecule is C=CCc1cccc(/C=N/NC(=O)CSc2n[nH]c(-c3ccc(C)cc3)[n+]2-c2ccc(OC)cc2)c1O. The molecule has 0 unspecified atom stereocenters. The number of thioether (sulfide) groups is 1. The number of hydrogen-bond acceptors (Lipinski definition) is 6. The summed E-state index contributed by atoms with van der Waals surface area (Å²) in [5.41, 5.74) is 6.77. The smallest absolute Gasteiger partial charge is 0.342 e. The second kappa shape index (κ2) is 12.0. The first-order chi connectivity index (χ1) is 18.0. The average molecular weight is 515 g/mol. The van der Waals surface area contributed by atoms with Crippen LogP contribution in [-0.4, -0.2) is 40.3 Å². The highest BCUT2D eigenvalue weighted by Crippen LogP contribution is 2.23. The van der Waals surface area contributed by atoms with Crippen molar-refractivity contribution in [2.75, 3.05) is 12.9 Å². The molecule has 0 aliphatic heterocycles.